The van der Waals surface area contributed by atoms with E-state index in [0.717, 1.165) is 25.0 Å². The third kappa shape index (κ3) is 7.09. The van der Waals surface area contributed by atoms with Gasteiger partial charge in [0.15, 0.2) is 5.96 Å². The molecule has 0 saturated heterocycles. The fourth-order valence-corrected chi connectivity index (χ4v) is 1.64. The van der Waals surface area contributed by atoms with Crippen molar-refractivity contribution in [3.63, 3.8) is 0 Å². The molecule has 112 valence electrons. The lowest BCUT2D eigenvalue weighted by Gasteiger charge is -2.12. The number of ether oxygens (including phenoxy) is 1. The molecule has 0 bridgehead atoms. The summed E-state index contributed by atoms with van der Waals surface area (Å²) in [6.07, 6.45) is 2.23. The van der Waals surface area contributed by atoms with E-state index in [1.807, 2.05) is 6.07 Å². The van der Waals surface area contributed by atoms with Crippen LogP contribution in [-0.4, -0.2) is 32.8 Å². The number of nitrogens with one attached hydrogen (secondary N) is 2. The molecule has 1 aromatic carbocycles. The molecule has 5 heteroatoms. The van der Waals surface area contributed by atoms with Crippen LogP contribution in [0.3, 0.4) is 0 Å². The molecule has 0 atom stereocenters. The van der Waals surface area contributed by atoms with E-state index in [1.54, 1.807) is 13.1 Å². The van der Waals surface area contributed by atoms with E-state index in [0.29, 0.717) is 25.7 Å². The van der Waals surface area contributed by atoms with E-state index < -0.39 is 0 Å². The summed E-state index contributed by atoms with van der Waals surface area (Å²) in [7, 11) is 1.71. The Morgan fingerprint density at radius 3 is 2.85 bits per heavy atom. The predicted octanol–water partition coefficient (Wildman–Crippen LogP) is 2.31. The molecule has 0 aliphatic rings. The zero-order valence-corrected chi connectivity index (χ0v) is 12.3. The van der Waals surface area contributed by atoms with E-state index in [1.165, 1.54) is 12.1 Å². The molecule has 1 rings (SSSR count). The third-order valence-electron chi connectivity index (χ3n) is 2.75. The van der Waals surface area contributed by atoms with Crippen LogP contribution in [0.25, 0.3) is 0 Å². The Kier molecular flexibility index (Phi) is 8.38. The highest BCUT2D eigenvalue weighted by Crippen LogP contribution is 2.02. The van der Waals surface area contributed by atoms with E-state index in [-0.39, 0.29) is 5.82 Å². The lowest BCUT2D eigenvalue weighted by Crippen LogP contribution is -2.38. The Labute approximate surface area is 120 Å². The molecule has 0 spiro atoms. The largest absolute Gasteiger partial charge is 0.380 e. The van der Waals surface area contributed by atoms with Gasteiger partial charge in [-0.25, -0.2) is 4.39 Å². The highest BCUT2D eigenvalue weighted by Gasteiger charge is 1.99. The maximum absolute atomic E-state index is 13.0. The van der Waals surface area contributed by atoms with Crippen LogP contribution in [0.5, 0.6) is 0 Å². The average molecular weight is 281 g/mol. The Bertz CT molecular complexity index is 410. The smallest absolute Gasteiger partial charge is 0.191 e. The molecule has 0 aliphatic heterocycles. The second-order valence-corrected chi connectivity index (χ2v) is 4.45. The monoisotopic (exact) mass is 281 g/mol. The van der Waals surface area contributed by atoms with Crippen molar-refractivity contribution in [2.75, 3.05) is 26.8 Å². The topological polar surface area (TPSA) is 45.6 Å². The lowest BCUT2D eigenvalue weighted by molar-refractivity contribution is 0.136. The van der Waals surface area contributed by atoms with Crippen molar-refractivity contribution in [1.29, 1.82) is 0 Å². The lowest BCUT2D eigenvalue weighted by atomic mass is 10.2. The molecule has 0 amide bonds. The number of benzene rings is 1. The Balaban J connectivity index is 2.20. The number of hydrogen-bond acceptors (Lipinski definition) is 2. The highest BCUT2D eigenvalue weighted by atomic mass is 19.1. The van der Waals surface area contributed by atoms with Crippen LogP contribution in [0.4, 0.5) is 4.39 Å². The quantitative estimate of drug-likeness (QED) is 0.437. The van der Waals surface area contributed by atoms with Crippen LogP contribution in [-0.2, 0) is 11.3 Å². The van der Waals surface area contributed by atoms with Gasteiger partial charge in [0.05, 0.1) is 6.61 Å². The van der Waals surface area contributed by atoms with E-state index >= 15 is 0 Å². The van der Waals surface area contributed by atoms with Gasteiger partial charge in [-0.1, -0.05) is 25.5 Å². The van der Waals surface area contributed by atoms with Crippen molar-refractivity contribution in [3.8, 4) is 0 Å². The molecule has 4 nitrogen and oxygen atoms in total. The normalized spacial score (nSPS) is 11.4. The van der Waals surface area contributed by atoms with Crippen molar-refractivity contribution in [2.45, 2.75) is 26.3 Å². The van der Waals surface area contributed by atoms with Crippen LogP contribution in [0.2, 0.25) is 0 Å². The molecule has 0 radical (unpaired) electrons. The van der Waals surface area contributed by atoms with Crippen molar-refractivity contribution in [2.24, 2.45) is 4.99 Å². The van der Waals surface area contributed by atoms with Crippen molar-refractivity contribution in [3.05, 3.63) is 35.6 Å². The number of unbranched alkanes of at least 4 members (excludes halogenated alkanes) is 1. The summed E-state index contributed by atoms with van der Waals surface area (Å²) in [4.78, 5) is 4.10. The minimum atomic E-state index is -0.225. The first kappa shape index (κ1) is 16.4. The molecule has 0 aromatic heterocycles. The summed E-state index contributed by atoms with van der Waals surface area (Å²) in [5.74, 6) is 0.463. The Morgan fingerprint density at radius 1 is 1.30 bits per heavy atom. The van der Waals surface area contributed by atoms with Gasteiger partial charge in [0, 0.05) is 26.7 Å². The molecule has 0 fully saturated rings. The van der Waals surface area contributed by atoms with E-state index in [2.05, 4.69) is 22.5 Å². The van der Waals surface area contributed by atoms with Crippen LogP contribution in [0.1, 0.15) is 25.3 Å². The van der Waals surface area contributed by atoms with Crippen LogP contribution in [0.15, 0.2) is 29.3 Å². The molecule has 0 unspecified atom stereocenters. The van der Waals surface area contributed by atoms with E-state index in [4.69, 9.17) is 4.74 Å². The summed E-state index contributed by atoms with van der Waals surface area (Å²) in [6, 6.07) is 6.51. The number of guanidine groups is 1. The number of halogens is 1. The minimum Gasteiger partial charge on any atom is -0.380 e. The van der Waals surface area contributed by atoms with Gasteiger partial charge in [0.25, 0.3) is 0 Å². The highest BCUT2D eigenvalue weighted by molar-refractivity contribution is 5.79. The maximum atomic E-state index is 13.0. The van der Waals surface area contributed by atoms with Crippen molar-refractivity contribution < 1.29 is 9.13 Å². The first-order valence-corrected chi connectivity index (χ1v) is 7.03. The first-order chi connectivity index (χ1) is 9.76. The van der Waals surface area contributed by atoms with Crippen LogP contribution >= 0.6 is 0 Å². The average Bonchev–Trinajstić information content (AvgIpc) is 2.46. The summed E-state index contributed by atoms with van der Waals surface area (Å²) >= 11 is 0. The van der Waals surface area contributed by atoms with Gasteiger partial charge in [-0.2, -0.15) is 0 Å². The second-order valence-electron chi connectivity index (χ2n) is 4.45. The van der Waals surface area contributed by atoms with Crippen LogP contribution in [0, 0.1) is 5.82 Å². The summed E-state index contributed by atoms with van der Waals surface area (Å²) in [6.45, 7) is 4.83. The van der Waals surface area contributed by atoms with Gasteiger partial charge < -0.3 is 15.4 Å². The summed E-state index contributed by atoms with van der Waals surface area (Å²) in [5, 5.41) is 6.28. The first-order valence-electron chi connectivity index (χ1n) is 7.03. The van der Waals surface area contributed by atoms with Crippen molar-refractivity contribution >= 4 is 5.96 Å². The molecule has 0 heterocycles. The summed E-state index contributed by atoms with van der Waals surface area (Å²) < 4.78 is 18.5. The Morgan fingerprint density at radius 2 is 2.15 bits per heavy atom. The molecular weight excluding hydrogens is 257 g/mol. The fourth-order valence-electron chi connectivity index (χ4n) is 1.64. The SMILES string of the molecule is CCCCOCCNC(=NC)NCc1cccc(F)c1. The molecule has 0 saturated carbocycles. The van der Waals surface area contributed by atoms with Gasteiger partial charge in [0.2, 0.25) is 0 Å². The standard InChI is InChI=1S/C15H24FN3O/c1-3-4-9-20-10-8-18-15(17-2)19-12-13-6-5-7-14(16)11-13/h5-7,11H,3-4,8-10,12H2,1-2H3,(H2,17,18,19). The molecule has 20 heavy (non-hydrogen) atoms. The zero-order chi connectivity index (χ0) is 14.6. The number of hydrogen-bond donors (Lipinski definition) is 2. The van der Waals surface area contributed by atoms with Crippen molar-refractivity contribution in [1.82, 2.24) is 10.6 Å². The van der Waals surface area contributed by atoms with Gasteiger partial charge in [-0.3, -0.25) is 4.99 Å². The molecule has 1 aromatic rings. The maximum Gasteiger partial charge on any atom is 0.191 e. The second kappa shape index (κ2) is 10.2. The minimum absolute atomic E-state index is 0.225. The van der Waals surface area contributed by atoms with Gasteiger partial charge in [0.1, 0.15) is 5.82 Å². The number of rotatable bonds is 8. The number of nitrogens with zero attached hydrogens (tertiary/aromatic N) is 1. The Hall–Kier alpha value is -1.62. The fraction of sp³-hybridized carbons (Fsp3) is 0.533. The van der Waals surface area contributed by atoms with Gasteiger partial charge in [-0.15, -0.1) is 0 Å². The van der Waals surface area contributed by atoms with E-state index in [9.17, 15) is 4.39 Å². The summed E-state index contributed by atoms with van der Waals surface area (Å²) in [5.41, 5.74) is 0.882. The molecular formula is C15H24FN3O. The van der Waals surface area contributed by atoms with Gasteiger partial charge >= 0.3 is 0 Å². The van der Waals surface area contributed by atoms with Gasteiger partial charge in [-0.05, 0) is 24.1 Å². The molecule has 0 aliphatic carbocycles. The zero-order valence-electron chi connectivity index (χ0n) is 12.3. The molecule has 2 N–H and O–H groups in total. The van der Waals surface area contributed by atoms with Crippen LogP contribution < -0.4 is 10.6 Å². The number of aliphatic imine (C=N–C) groups is 1. The third-order valence-corrected chi connectivity index (χ3v) is 2.75. The predicted molar refractivity (Wildman–Crippen MR) is 80.3 cm³/mol.